The Kier molecular flexibility index (Phi) is 8.26. The Balaban J connectivity index is 1.06. The van der Waals surface area contributed by atoms with Crippen molar-refractivity contribution in [1.29, 1.82) is 0 Å². The first-order chi connectivity index (χ1) is 21.0. The standard InChI is InChI=1S/C34H39ClFN5O3/c1-33(2,3)44-32(43)40-15-14-34(19-40)20-41(21-34)30(42)25-8-5-9-27(17-25)38-31-37-18-28(35)29(39-31)24-7-4-6-23(16-24)22-10-12-26(36)13-11-22/h4,6-7,10-13,16,18,25,27H,5,8-9,14-15,17,19-21H2,1-3H3,(H,37,38,39)/t25-,27+/m0/s1. The summed E-state index contributed by atoms with van der Waals surface area (Å²) in [6, 6.07) is 14.3. The molecule has 2 atom stereocenters. The Hall–Kier alpha value is -3.72. The van der Waals surface area contributed by atoms with Gasteiger partial charge < -0.3 is 19.9 Å². The van der Waals surface area contributed by atoms with Crippen LogP contribution in [0.25, 0.3) is 22.4 Å². The summed E-state index contributed by atoms with van der Waals surface area (Å²) >= 11 is 6.54. The van der Waals surface area contributed by atoms with Gasteiger partial charge in [-0.1, -0.05) is 48.4 Å². The van der Waals surface area contributed by atoms with Crippen LogP contribution >= 0.6 is 11.6 Å². The van der Waals surface area contributed by atoms with Crippen molar-refractivity contribution >= 4 is 29.5 Å². The van der Waals surface area contributed by atoms with E-state index < -0.39 is 5.60 Å². The fourth-order valence-electron chi connectivity index (χ4n) is 6.71. The minimum atomic E-state index is -0.519. The van der Waals surface area contributed by atoms with Gasteiger partial charge in [-0.25, -0.2) is 19.2 Å². The number of hydrogen-bond donors (Lipinski definition) is 1. The van der Waals surface area contributed by atoms with Crippen LogP contribution in [0.5, 0.6) is 0 Å². The number of carbonyl (C=O) groups is 2. The molecule has 3 heterocycles. The Labute approximate surface area is 263 Å². The van der Waals surface area contributed by atoms with Crippen molar-refractivity contribution in [3.63, 3.8) is 0 Å². The summed E-state index contributed by atoms with van der Waals surface area (Å²) in [5.74, 6) is 0.348. The minimum absolute atomic E-state index is 0.0135. The van der Waals surface area contributed by atoms with Crippen molar-refractivity contribution < 1.29 is 18.7 Å². The molecule has 0 bridgehead atoms. The van der Waals surface area contributed by atoms with Crippen LogP contribution in [0.3, 0.4) is 0 Å². The SMILES string of the molecule is CC(C)(C)OC(=O)N1CCC2(C1)CN(C(=O)[C@H]1CCC[C@@H](Nc3ncc(Cl)c(-c4cccc(-c5ccc(F)cc5)c4)n3)C1)C2. The van der Waals surface area contributed by atoms with E-state index >= 15 is 0 Å². The van der Waals surface area contributed by atoms with Crippen LogP contribution in [0.2, 0.25) is 5.02 Å². The molecule has 2 saturated heterocycles. The molecular weight excluding hydrogens is 581 g/mol. The summed E-state index contributed by atoms with van der Waals surface area (Å²) in [5, 5.41) is 3.90. The number of halogens is 2. The fourth-order valence-corrected chi connectivity index (χ4v) is 6.91. The predicted octanol–water partition coefficient (Wildman–Crippen LogP) is 7.04. The van der Waals surface area contributed by atoms with E-state index in [2.05, 4.69) is 10.3 Å². The van der Waals surface area contributed by atoms with Crippen LogP contribution in [0, 0.1) is 17.2 Å². The molecule has 3 aromatic rings. The Morgan fingerprint density at radius 1 is 1.02 bits per heavy atom. The molecule has 10 heteroatoms. The summed E-state index contributed by atoms with van der Waals surface area (Å²) in [5.41, 5.74) is 2.75. The Morgan fingerprint density at radius 3 is 2.50 bits per heavy atom. The molecule has 6 rings (SSSR count). The number of likely N-dealkylation sites (tertiary alicyclic amines) is 2. The average molecular weight is 620 g/mol. The van der Waals surface area contributed by atoms with Crippen molar-refractivity contribution in [2.24, 2.45) is 11.3 Å². The number of aromatic nitrogens is 2. The van der Waals surface area contributed by atoms with Crippen LogP contribution < -0.4 is 5.32 Å². The molecule has 44 heavy (non-hydrogen) atoms. The van der Waals surface area contributed by atoms with Crippen LogP contribution in [-0.4, -0.2) is 69.6 Å². The van der Waals surface area contributed by atoms with Crippen molar-refractivity contribution in [3.05, 3.63) is 65.6 Å². The second kappa shape index (κ2) is 12.0. The molecule has 1 aliphatic carbocycles. The first-order valence-corrected chi connectivity index (χ1v) is 15.8. The maximum atomic E-state index is 13.5. The van der Waals surface area contributed by atoms with Gasteiger partial charge in [0.25, 0.3) is 0 Å². The first kappa shape index (κ1) is 30.3. The Morgan fingerprint density at radius 2 is 1.75 bits per heavy atom. The number of hydrogen-bond acceptors (Lipinski definition) is 6. The second-order valence-electron chi connectivity index (χ2n) is 13.5. The molecule has 0 radical (unpaired) electrons. The summed E-state index contributed by atoms with van der Waals surface area (Å²) in [6.07, 6.45) is 5.69. The molecule has 1 aromatic heterocycles. The lowest BCUT2D eigenvalue weighted by molar-refractivity contribution is -0.148. The summed E-state index contributed by atoms with van der Waals surface area (Å²) < 4.78 is 19.0. The van der Waals surface area contributed by atoms with Crippen molar-refractivity contribution in [2.75, 3.05) is 31.5 Å². The monoisotopic (exact) mass is 619 g/mol. The van der Waals surface area contributed by atoms with Gasteiger partial charge in [0.1, 0.15) is 11.4 Å². The lowest BCUT2D eigenvalue weighted by Crippen LogP contribution is -2.61. The normalized spacial score (nSPS) is 21.2. The zero-order valence-electron chi connectivity index (χ0n) is 25.5. The maximum absolute atomic E-state index is 13.5. The average Bonchev–Trinajstić information content (AvgIpc) is 3.43. The molecule has 3 fully saturated rings. The summed E-state index contributed by atoms with van der Waals surface area (Å²) in [4.78, 5) is 39.0. The zero-order chi connectivity index (χ0) is 31.1. The van der Waals surface area contributed by atoms with Gasteiger partial charge >= 0.3 is 6.09 Å². The van der Waals surface area contributed by atoms with E-state index in [0.717, 1.165) is 42.4 Å². The van der Waals surface area contributed by atoms with E-state index in [1.54, 1.807) is 23.2 Å². The molecule has 2 aromatic carbocycles. The number of amides is 2. The molecule has 1 saturated carbocycles. The molecular formula is C34H39ClFN5O3. The third-order valence-electron chi connectivity index (χ3n) is 8.87. The quantitative estimate of drug-likeness (QED) is 0.329. The Bertz CT molecular complexity index is 1540. The van der Waals surface area contributed by atoms with E-state index in [0.29, 0.717) is 49.3 Å². The number of nitrogens with one attached hydrogen (secondary N) is 1. The lowest BCUT2D eigenvalue weighted by Gasteiger charge is -2.49. The zero-order valence-corrected chi connectivity index (χ0v) is 26.2. The predicted molar refractivity (Wildman–Crippen MR) is 169 cm³/mol. The largest absolute Gasteiger partial charge is 0.444 e. The van der Waals surface area contributed by atoms with Gasteiger partial charge in [0.05, 0.1) is 16.9 Å². The highest BCUT2D eigenvalue weighted by Crippen LogP contribution is 2.42. The van der Waals surface area contributed by atoms with Gasteiger partial charge in [0, 0.05) is 49.1 Å². The molecule has 1 N–H and O–H groups in total. The van der Waals surface area contributed by atoms with E-state index in [4.69, 9.17) is 21.3 Å². The van der Waals surface area contributed by atoms with E-state index in [1.165, 1.54) is 12.1 Å². The minimum Gasteiger partial charge on any atom is -0.444 e. The highest BCUT2D eigenvalue weighted by Gasteiger charge is 2.51. The molecule has 2 amide bonds. The highest BCUT2D eigenvalue weighted by molar-refractivity contribution is 6.32. The van der Waals surface area contributed by atoms with Crippen LogP contribution in [0.1, 0.15) is 52.9 Å². The van der Waals surface area contributed by atoms with Crippen molar-refractivity contribution in [2.45, 2.75) is 64.5 Å². The molecule has 2 aliphatic heterocycles. The van der Waals surface area contributed by atoms with Gasteiger partial charge in [-0.3, -0.25) is 4.79 Å². The highest BCUT2D eigenvalue weighted by atomic mass is 35.5. The number of rotatable bonds is 5. The molecule has 0 unspecified atom stereocenters. The van der Waals surface area contributed by atoms with E-state index in [9.17, 15) is 14.0 Å². The second-order valence-corrected chi connectivity index (χ2v) is 13.9. The van der Waals surface area contributed by atoms with E-state index in [1.807, 2.05) is 49.9 Å². The number of benzene rings is 2. The fraction of sp³-hybridized carbons (Fsp3) is 0.471. The van der Waals surface area contributed by atoms with Gasteiger partial charge in [-0.15, -0.1) is 0 Å². The van der Waals surface area contributed by atoms with Gasteiger partial charge in [-0.2, -0.15) is 0 Å². The van der Waals surface area contributed by atoms with Crippen LogP contribution in [0.4, 0.5) is 15.1 Å². The first-order valence-electron chi connectivity index (χ1n) is 15.4. The van der Waals surface area contributed by atoms with Gasteiger partial charge in [0.15, 0.2) is 0 Å². The van der Waals surface area contributed by atoms with Crippen LogP contribution in [-0.2, 0) is 9.53 Å². The molecule has 3 aliphatic rings. The van der Waals surface area contributed by atoms with Crippen molar-refractivity contribution in [3.8, 4) is 22.4 Å². The van der Waals surface area contributed by atoms with Crippen molar-refractivity contribution in [1.82, 2.24) is 19.8 Å². The third-order valence-corrected chi connectivity index (χ3v) is 9.15. The van der Waals surface area contributed by atoms with Gasteiger partial charge in [-0.05, 0) is 75.8 Å². The van der Waals surface area contributed by atoms with Gasteiger partial charge in [0.2, 0.25) is 11.9 Å². The van der Waals surface area contributed by atoms with E-state index in [-0.39, 0.29) is 35.2 Å². The smallest absolute Gasteiger partial charge is 0.410 e. The summed E-state index contributed by atoms with van der Waals surface area (Å²) in [7, 11) is 0. The summed E-state index contributed by atoms with van der Waals surface area (Å²) in [6.45, 7) is 8.33. The molecule has 232 valence electrons. The molecule has 8 nitrogen and oxygen atoms in total. The topological polar surface area (TPSA) is 87.7 Å². The number of anilines is 1. The number of nitrogens with zero attached hydrogens (tertiary/aromatic N) is 4. The third kappa shape index (κ3) is 6.67. The molecule has 1 spiro atoms. The maximum Gasteiger partial charge on any atom is 0.410 e. The van der Waals surface area contributed by atoms with Crippen LogP contribution in [0.15, 0.2) is 54.7 Å². The number of ether oxygens (including phenoxy) is 1. The number of carbonyl (C=O) groups excluding carboxylic acids is 2. The lowest BCUT2D eigenvalue weighted by atomic mass is 9.77.